The molecular weight excluding hydrogens is 353 g/mol. The quantitative estimate of drug-likeness (QED) is 0.684. The maximum atomic E-state index is 14.5. The van der Waals surface area contributed by atoms with Gasteiger partial charge in [-0.25, -0.2) is 9.18 Å². The lowest BCUT2D eigenvalue weighted by molar-refractivity contribution is 0.180. The zero-order chi connectivity index (χ0) is 18.1. The van der Waals surface area contributed by atoms with Gasteiger partial charge in [0, 0.05) is 41.3 Å². The van der Waals surface area contributed by atoms with Crippen molar-refractivity contribution in [2.75, 3.05) is 11.9 Å². The molecule has 0 unspecified atom stereocenters. The number of anilines is 1. The molecule has 4 nitrogen and oxygen atoms in total. The van der Waals surface area contributed by atoms with Gasteiger partial charge in [0.1, 0.15) is 11.9 Å². The molecule has 1 aliphatic heterocycles. The number of nitrogens with one attached hydrogen (secondary N) is 1. The lowest BCUT2D eigenvalue weighted by atomic mass is 9.99. The summed E-state index contributed by atoms with van der Waals surface area (Å²) in [5.74, 6) is -0.323. The van der Waals surface area contributed by atoms with E-state index in [0.29, 0.717) is 29.4 Å². The largest absolute Gasteiger partial charge is 0.348 e. The monoisotopic (exact) mass is 369 g/mol. The average molecular weight is 370 g/mol. The first kappa shape index (κ1) is 16.7. The smallest absolute Gasteiger partial charge is 0.322 e. The Morgan fingerprint density at radius 1 is 1.04 bits per heavy atom. The number of carbonyl (C=O) groups is 1. The fourth-order valence-corrected chi connectivity index (χ4v) is 3.48. The molecule has 0 aliphatic carbocycles. The summed E-state index contributed by atoms with van der Waals surface area (Å²) in [6.45, 7) is 1.15. The van der Waals surface area contributed by atoms with Crippen molar-refractivity contribution in [3.8, 4) is 0 Å². The van der Waals surface area contributed by atoms with E-state index in [9.17, 15) is 9.18 Å². The summed E-state index contributed by atoms with van der Waals surface area (Å²) in [6.07, 6.45) is 1.96. The number of aromatic nitrogens is 1. The Labute approximate surface area is 155 Å². The van der Waals surface area contributed by atoms with Crippen LogP contribution in [0.3, 0.4) is 0 Å². The number of hydrogen-bond acceptors (Lipinski definition) is 1. The number of benzene rings is 2. The Morgan fingerprint density at radius 2 is 1.81 bits per heavy atom. The third kappa shape index (κ3) is 3.06. The normalized spacial score (nSPS) is 16.2. The summed E-state index contributed by atoms with van der Waals surface area (Å²) in [6, 6.07) is 16.6. The minimum absolute atomic E-state index is 0.270. The van der Waals surface area contributed by atoms with Crippen LogP contribution >= 0.6 is 11.6 Å². The molecular formula is C20H17ClFN3O. The highest BCUT2D eigenvalue weighted by Gasteiger charge is 2.33. The molecule has 0 saturated carbocycles. The van der Waals surface area contributed by atoms with E-state index >= 15 is 0 Å². The Balaban J connectivity index is 1.69. The molecule has 0 saturated heterocycles. The summed E-state index contributed by atoms with van der Waals surface area (Å²) < 4.78 is 16.6. The second-order valence-electron chi connectivity index (χ2n) is 6.18. The van der Waals surface area contributed by atoms with Crippen molar-refractivity contribution >= 4 is 23.3 Å². The van der Waals surface area contributed by atoms with Crippen LogP contribution in [0.4, 0.5) is 14.9 Å². The lowest BCUT2D eigenvalue weighted by Crippen LogP contribution is -2.44. The number of nitrogens with zero attached hydrogens (tertiary/aromatic N) is 2. The number of amides is 2. The van der Waals surface area contributed by atoms with Gasteiger partial charge in [-0.3, -0.25) is 0 Å². The Morgan fingerprint density at radius 3 is 2.58 bits per heavy atom. The molecule has 1 atom stereocenters. The van der Waals surface area contributed by atoms with Gasteiger partial charge < -0.3 is 14.8 Å². The zero-order valence-electron chi connectivity index (χ0n) is 13.9. The van der Waals surface area contributed by atoms with Crippen LogP contribution in [0.2, 0.25) is 5.02 Å². The highest BCUT2D eigenvalue weighted by Crippen LogP contribution is 2.34. The summed E-state index contributed by atoms with van der Waals surface area (Å²) in [5, 5.41) is 3.48. The van der Waals surface area contributed by atoms with E-state index in [2.05, 4.69) is 9.88 Å². The van der Waals surface area contributed by atoms with Crippen molar-refractivity contribution < 1.29 is 9.18 Å². The number of fused-ring (bicyclic) bond motifs is 1. The fraction of sp³-hybridized carbons (Fsp3) is 0.150. The van der Waals surface area contributed by atoms with Gasteiger partial charge in [-0.1, -0.05) is 29.8 Å². The maximum Gasteiger partial charge on any atom is 0.322 e. The molecule has 132 valence electrons. The zero-order valence-corrected chi connectivity index (χ0v) is 14.7. The van der Waals surface area contributed by atoms with E-state index in [1.165, 1.54) is 6.07 Å². The van der Waals surface area contributed by atoms with Gasteiger partial charge in [0.05, 0.1) is 0 Å². The van der Waals surface area contributed by atoms with Gasteiger partial charge in [-0.05, 0) is 42.5 Å². The van der Waals surface area contributed by atoms with Crippen LogP contribution in [0.5, 0.6) is 0 Å². The van der Waals surface area contributed by atoms with E-state index in [1.54, 1.807) is 47.4 Å². The van der Waals surface area contributed by atoms with Crippen molar-refractivity contribution in [2.24, 2.45) is 0 Å². The van der Waals surface area contributed by atoms with Crippen LogP contribution in [0, 0.1) is 5.82 Å². The second kappa shape index (κ2) is 6.84. The Bertz CT molecular complexity index is 938. The molecule has 1 aromatic heterocycles. The van der Waals surface area contributed by atoms with E-state index in [-0.39, 0.29) is 11.8 Å². The molecule has 0 spiro atoms. The van der Waals surface area contributed by atoms with Gasteiger partial charge in [-0.15, -0.1) is 0 Å². The first-order chi connectivity index (χ1) is 12.6. The summed E-state index contributed by atoms with van der Waals surface area (Å²) in [7, 11) is 0. The maximum absolute atomic E-state index is 14.5. The summed E-state index contributed by atoms with van der Waals surface area (Å²) in [5.41, 5.74) is 2.03. The SMILES string of the molecule is O=C(Nc1ccc(Cl)cc1)N1CCn2cccc2[C@H]1c1ccccc1F. The minimum atomic E-state index is -0.479. The van der Waals surface area contributed by atoms with Gasteiger partial charge >= 0.3 is 6.03 Å². The van der Waals surface area contributed by atoms with E-state index < -0.39 is 6.04 Å². The van der Waals surface area contributed by atoms with Crippen LogP contribution in [0.1, 0.15) is 17.3 Å². The van der Waals surface area contributed by atoms with Crippen molar-refractivity contribution in [3.05, 3.63) is 89.0 Å². The number of halogens is 2. The Hall–Kier alpha value is -2.79. The molecule has 2 heterocycles. The van der Waals surface area contributed by atoms with Gasteiger partial charge in [-0.2, -0.15) is 0 Å². The number of urea groups is 1. The molecule has 4 rings (SSSR count). The van der Waals surface area contributed by atoms with Crippen LogP contribution in [0.15, 0.2) is 66.9 Å². The van der Waals surface area contributed by atoms with E-state index in [0.717, 1.165) is 5.69 Å². The molecule has 1 aliphatic rings. The third-order valence-electron chi connectivity index (χ3n) is 4.59. The standard InChI is InChI=1S/C20H17ClFN3O/c21-14-7-9-15(10-8-14)23-20(26)25-13-12-24-11-3-6-18(24)19(25)16-4-1-2-5-17(16)22/h1-11,19H,12-13H2,(H,23,26)/t19-/m1/s1. The summed E-state index contributed by atoms with van der Waals surface area (Å²) >= 11 is 5.89. The second-order valence-corrected chi connectivity index (χ2v) is 6.62. The topological polar surface area (TPSA) is 37.3 Å². The predicted octanol–water partition coefficient (Wildman–Crippen LogP) is 4.92. The van der Waals surface area contributed by atoms with Crippen molar-refractivity contribution in [1.29, 1.82) is 0 Å². The van der Waals surface area contributed by atoms with Crippen LogP contribution < -0.4 is 5.32 Å². The molecule has 2 amide bonds. The highest BCUT2D eigenvalue weighted by molar-refractivity contribution is 6.30. The van der Waals surface area contributed by atoms with E-state index in [1.807, 2.05) is 18.3 Å². The first-order valence-corrected chi connectivity index (χ1v) is 8.74. The number of hydrogen-bond donors (Lipinski definition) is 1. The lowest BCUT2D eigenvalue weighted by Gasteiger charge is -2.37. The molecule has 2 aromatic carbocycles. The molecule has 3 aromatic rings. The Kier molecular flexibility index (Phi) is 4.39. The third-order valence-corrected chi connectivity index (χ3v) is 4.85. The van der Waals surface area contributed by atoms with Crippen LogP contribution in [0.25, 0.3) is 0 Å². The average Bonchev–Trinajstić information content (AvgIpc) is 3.12. The summed E-state index contributed by atoms with van der Waals surface area (Å²) in [4.78, 5) is 14.6. The highest BCUT2D eigenvalue weighted by atomic mass is 35.5. The molecule has 26 heavy (non-hydrogen) atoms. The van der Waals surface area contributed by atoms with Crippen molar-refractivity contribution in [1.82, 2.24) is 9.47 Å². The van der Waals surface area contributed by atoms with Crippen LogP contribution in [-0.2, 0) is 6.54 Å². The minimum Gasteiger partial charge on any atom is -0.348 e. The van der Waals surface area contributed by atoms with Gasteiger partial charge in [0.15, 0.2) is 0 Å². The predicted molar refractivity (Wildman–Crippen MR) is 99.9 cm³/mol. The molecule has 6 heteroatoms. The fourth-order valence-electron chi connectivity index (χ4n) is 3.35. The van der Waals surface area contributed by atoms with Gasteiger partial charge in [0.2, 0.25) is 0 Å². The molecule has 0 radical (unpaired) electrons. The number of carbonyl (C=O) groups excluding carboxylic acids is 1. The van der Waals surface area contributed by atoms with Crippen molar-refractivity contribution in [3.63, 3.8) is 0 Å². The number of rotatable bonds is 2. The first-order valence-electron chi connectivity index (χ1n) is 8.36. The van der Waals surface area contributed by atoms with Crippen molar-refractivity contribution in [2.45, 2.75) is 12.6 Å². The van der Waals surface area contributed by atoms with E-state index in [4.69, 9.17) is 11.6 Å². The van der Waals surface area contributed by atoms with Gasteiger partial charge in [0.25, 0.3) is 0 Å². The molecule has 0 fully saturated rings. The molecule has 0 bridgehead atoms. The molecule has 1 N–H and O–H groups in total. The van der Waals surface area contributed by atoms with Crippen LogP contribution in [-0.4, -0.2) is 22.0 Å².